The fraction of sp³-hybridized carbons (Fsp3) is 0.0476. The van der Waals surface area contributed by atoms with Gasteiger partial charge in [-0.15, -0.1) is 0 Å². The van der Waals surface area contributed by atoms with Gasteiger partial charge in [0.25, 0.3) is 0 Å². The minimum Gasteiger partial charge on any atom is -0.497 e. The molecule has 0 amide bonds. The van der Waals surface area contributed by atoms with E-state index in [1.807, 2.05) is 23.9 Å². The lowest BCUT2D eigenvalue weighted by Crippen LogP contribution is -1.84. The Balaban J connectivity index is 1.91. The minimum atomic E-state index is 0.886. The summed E-state index contributed by atoms with van der Waals surface area (Å²) in [6.07, 6.45) is 0. The predicted molar refractivity (Wildman–Crippen MR) is 98.6 cm³/mol. The lowest BCUT2D eigenvalue weighted by Gasteiger charge is -2.11. The van der Waals surface area contributed by atoms with Gasteiger partial charge in [0.1, 0.15) is 5.75 Å². The maximum atomic E-state index is 5.25. The van der Waals surface area contributed by atoms with Crippen molar-refractivity contribution in [1.82, 2.24) is 0 Å². The molecule has 0 aliphatic heterocycles. The molecule has 0 saturated heterocycles. The molecule has 23 heavy (non-hydrogen) atoms. The van der Waals surface area contributed by atoms with Gasteiger partial charge < -0.3 is 4.74 Å². The third-order valence-electron chi connectivity index (χ3n) is 4.00. The van der Waals surface area contributed by atoms with Crippen LogP contribution in [0.3, 0.4) is 0 Å². The summed E-state index contributed by atoms with van der Waals surface area (Å²) in [6, 6.07) is 27.7. The van der Waals surface area contributed by atoms with E-state index in [1.54, 1.807) is 7.11 Å². The van der Waals surface area contributed by atoms with Gasteiger partial charge >= 0.3 is 0 Å². The highest BCUT2D eigenvalue weighted by atomic mass is 32.2. The highest BCUT2D eigenvalue weighted by Gasteiger charge is 2.09. The Morgan fingerprint density at radius 3 is 1.83 bits per heavy atom. The second-order valence-electron chi connectivity index (χ2n) is 5.43. The molecule has 4 aromatic carbocycles. The summed E-state index contributed by atoms with van der Waals surface area (Å²) in [4.78, 5) is 2.52. The first-order valence-corrected chi connectivity index (χ1v) is 8.39. The van der Waals surface area contributed by atoms with E-state index in [4.69, 9.17) is 4.74 Å². The number of hydrogen-bond donors (Lipinski definition) is 0. The Hall–Kier alpha value is -2.45. The highest BCUT2D eigenvalue weighted by molar-refractivity contribution is 7.99. The molecule has 0 spiro atoms. The van der Waals surface area contributed by atoms with Crippen molar-refractivity contribution in [2.24, 2.45) is 0 Å². The second kappa shape index (κ2) is 5.98. The van der Waals surface area contributed by atoms with Crippen LogP contribution in [0.15, 0.2) is 88.7 Å². The first-order chi connectivity index (χ1) is 11.3. The van der Waals surface area contributed by atoms with Gasteiger partial charge in [-0.3, -0.25) is 0 Å². The average molecular weight is 316 g/mol. The van der Waals surface area contributed by atoms with Crippen LogP contribution in [0.5, 0.6) is 5.75 Å². The van der Waals surface area contributed by atoms with Gasteiger partial charge in [-0.25, -0.2) is 0 Å². The SMILES string of the molecule is COc1ccc(Sc2c3ccccc3cc3ccccc23)cc1. The molecule has 0 N–H and O–H groups in total. The Morgan fingerprint density at radius 2 is 1.26 bits per heavy atom. The predicted octanol–water partition coefficient (Wildman–Crippen LogP) is 6.15. The fourth-order valence-electron chi connectivity index (χ4n) is 2.84. The zero-order valence-electron chi connectivity index (χ0n) is 12.8. The summed E-state index contributed by atoms with van der Waals surface area (Å²) in [5, 5.41) is 5.16. The molecule has 0 saturated carbocycles. The normalized spacial score (nSPS) is 11.0. The van der Waals surface area contributed by atoms with Crippen molar-refractivity contribution in [2.45, 2.75) is 9.79 Å². The molecule has 1 nitrogen and oxygen atoms in total. The Bertz CT molecular complexity index is 920. The summed E-state index contributed by atoms with van der Waals surface area (Å²) in [6.45, 7) is 0. The number of ether oxygens (including phenoxy) is 1. The van der Waals surface area contributed by atoms with Gasteiger partial charge in [0.15, 0.2) is 0 Å². The van der Waals surface area contributed by atoms with Crippen molar-refractivity contribution in [3.63, 3.8) is 0 Å². The first-order valence-electron chi connectivity index (χ1n) is 7.57. The highest BCUT2D eigenvalue weighted by Crippen LogP contribution is 2.39. The number of methoxy groups -OCH3 is 1. The fourth-order valence-corrected chi connectivity index (χ4v) is 3.94. The molecule has 2 heteroatoms. The van der Waals surface area contributed by atoms with Crippen molar-refractivity contribution in [3.8, 4) is 5.75 Å². The van der Waals surface area contributed by atoms with Crippen molar-refractivity contribution in [1.29, 1.82) is 0 Å². The van der Waals surface area contributed by atoms with Crippen LogP contribution in [0, 0.1) is 0 Å². The maximum absolute atomic E-state index is 5.25. The largest absolute Gasteiger partial charge is 0.497 e. The molecule has 4 rings (SSSR count). The molecule has 0 bridgehead atoms. The lowest BCUT2D eigenvalue weighted by molar-refractivity contribution is 0.414. The van der Waals surface area contributed by atoms with Gasteiger partial charge in [0.05, 0.1) is 7.11 Å². The number of rotatable bonds is 3. The van der Waals surface area contributed by atoms with Gasteiger partial charge in [-0.1, -0.05) is 60.3 Å². The van der Waals surface area contributed by atoms with E-state index < -0.39 is 0 Å². The quantitative estimate of drug-likeness (QED) is 0.419. The van der Waals surface area contributed by atoms with Crippen LogP contribution in [0.1, 0.15) is 0 Å². The third kappa shape index (κ3) is 2.66. The monoisotopic (exact) mass is 316 g/mol. The Kier molecular flexibility index (Phi) is 3.68. The molecular formula is C21H16OS. The van der Waals surface area contributed by atoms with Gasteiger partial charge in [0, 0.05) is 9.79 Å². The van der Waals surface area contributed by atoms with Crippen molar-refractivity contribution in [2.75, 3.05) is 7.11 Å². The molecule has 0 atom stereocenters. The Labute approximate surface area is 139 Å². The van der Waals surface area contributed by atoms with E-state index in [9.17, 15) is 0 Å². The van der Waals surface area contributed by atoms with Crippen LogP contribution in [-0.4, -0.2) is 7.11 Å². The van der Waals surface area contributed by atoms with Crippen LogP contribution < -0.4 is 4.74 Å². The average Bonchev–Trinajstić information content (AvgIpc) is 2.62. The number of fused-ring (bicyclic) bond motifs is 2. The van der Waals surface area contributed by atoms with E-state index in [0.717, 1.165) is 5.75 Å². The third-order valence-corrected chi connectivity index (χ3v) is 5.15. The topological polar surface area (TPSA) is 9.23 Å². The smallest absolute Gasteiger partial charge is 0.118 e. The van der Waals surface area contributed by atoms with Crippen LogP contribution in [0.25, 0.3) is 21.5 Å². The summed E-state index contributed by atoms with van der Waals surface area (Å²) >= 11 is 1.81. The molecule has 4 aromatic rings. The van der Waals surface area contributed by atoms with Crippen molar-refractivity contribution < 1.29 is 4.74 Å². The Morgan fingerprint density at radius 1 is 0.696 bits per heavy atom. The summed E-state index contributed by atoms with van der Waals surface area (Å²) < 4.78 is 5.25. The van der Waals surface area contributed by atoms with Crippen LogP contribution in [0.2, 0.25) is 0 Å². The van der Waals surface area contributed by atoms with E-state index in [2.05, 4.69) is 66.7 Å². The van der Waals surface area contributed by atoms with Crippen LogP contribution in [-0.2, 0) is 0 Å². The molecule has 0 unspecified atom stereocenters. The van der Waals surface area contributed by atoms with Crippen molar-refractivity contribution >= 4 is 33.3 Å². The van der Waals surface area contributed by atoms with E-state index in [0.29, 0.717) is 0 Å². The van der Waals surface area contributed by atoms with Crippen LogP contribution in [0.4, 0.5) is 0 Å². The standard InChI is InChI=1S/C21H16OS/c1-22-17-10-12-18(13-11-17)23-21-19-8-4-2-6-15(19)14-16-7-3-5-9-20(16)21/h2-14H,1H3. The van der Waals surface area contributed by atoms with Gasteiger partial charge in [0.2, 0.25) is 0 Å². The molecule has 0 aromatic heterocycles. The summed E-state index contributed by atoms with van der Waals surface area (Å²) in [5.74, 6) is 0.886. The van der Waals surface area contributed by atoms with E-state index >= 15 is 0 Å². The molecule has 0 aliphatic carbocycles. The summed E-state index contributed by atoms with van der Waals surface area (Å²) in [7, 11) is 1.69. The number of hydrogen-bond acceptors (Lipinski definition) is 2. The number of benzene rings is 4. The molecule has 0 radical (unpaired) electrons. The van der Waals surface area contributed by atoms with Crippen LogP contribution >= 0.6 is 11.8 Å². The zero-order valence-corrected chi connectivity index (χ0v) is 13.6. The van der Waals surface area contributed by atoms with Crippen molar-refractivity contribution in [3.05, 3.63) is 78.9 Å². The molecule has 0 heterocycles. The second-order valence-corrected chi connectivity index (χ2v) is 6.51. The summed E-state index contributed by atoms with van der Waals surface area (Å²) in [5.41, 5.74) is 0. The van der Waals surface area contributed by atoms with Gasteiger partial charge in [-0.05, 0) is 51.9 Å². The zero-order chi connectivity index (χ0) is 15.6. The van der Waals surface area contributed by atoms with E-state index in [1.165, 1.54) is 31.3 Å². The molecule has 112 valence electrons. The van der Waals surface area contributed by atoms with Gasteiger partial charge in [-0.2, -0.15) is 0 Å². The lowest BCUT2D eigenvalue weighted by atomic mass is 10.0. The maximum Gasteiger partial charge on any atom is 0.118 e. The van der Waals surface area contributed by atoms with E-state index in [-0.39, 0.29) is 0 Å². The first kappa shape index (κ1) is 14.2. The molecular weight excluding hydrogens is 300 g/mol. The minimum absolute atomic E-state index is 0.886. The molecule has 0 fully saturated rings. The molecule has 0 aliphatic rings.